The standard InChI is InChI=1S/C21H17N5/c1-2-10-18(17(9-1)25-19-11-3-6-14-22-19)26(20-12-4-7-15-23-20)21-13-5-8-16-24-21/h1-16H,(H,22,25). The highest BCUT2D eigenvalue weighted by molar-refractivity contribution is 5.83. The van der Waals surface area contributed by atoms with Crippen LogP contribution in [0, 0.1) is 0 Å². The highest BCUT2D eigenvalue weighted by Gasteiger charge is 2.17. The third-order valence-electron chi connectivity index (χ3n) is 3.83. The maximum Gasteiger partial charge on any atom is 0.138 e. The molecule has 1 aromatic carbocycles. The third-order valence-corrected chi connectivity index (χ3v) is 3.83. The fraction of sp³-hybridized carbons (Fsp3) is 0. The van der Waals surface area contributed by atoms with Crippen molar-refractivity contribution in [1.29, 1.82) is 0 Å². The van der Waals surface area contributed by atoms with Crippen LogP contribution < -0.4 is 10.2 Å². The summed E-state index contributed by atoms with van der Waals surface area (Å²) < 4.78 is 0. The van der Waals surface area contributed by atoms with Crippen molar-refractivity contribution in [3.63, 3.8) is 0 Å². The molecule has 5 nitrogen and oxygen atoms in total. The molecule has 3 heterocycles. The van der Waals surface area contributed by atoms with E-state index in [0.717, 1.165) is 28.8 Å². The first-order valence-corrected chi connectivity index (χ1v) is 8.31. The summed E-state index contributed by atoms with van der Waals surface area (Å²) in [6, 6.07) is 25.5. The van der Waals surface area contributed by atoms with Crippen LogP contribution in [0.4, 0.5) is 28.8 Å². The number of rotatable bonds is 5. The largest absolute Gasteiger partial charge is 0.339 e. The molecule has 3 aromatic heterocycles. The number of pyridine rings is 3. The van der Waals surface area contributed by atoms with Gasteiger partial charge < -0.3 is 5.32 Å². The van der Waals surface area contributed by atoms with Gasteiger partial charge in [0.1, 0.15) is 17.5 Å². The van der Waals surface area contributed by atoms with E-state index in [-0.39, 0.29) is 0 Å². The quantitative estimate of drug-likeness (QED) is 0.549. The Labute approximate surface area is 152 Å². The molecule has 0 aliphatic heterocycles. The van der Waals surface area contributed by atoms with Crippen LogP contribution in [-0.2, 0) is 0 Å². The van der Waals surface area contributed by atoms with Gasteiger partial charge in [-0.3, -0.25) is 4.90 Å². The number of aromatic nitrogens is 3. The summed E-state index contributed by atoms with van der Waals surface area (Å²) >= 11 is 0. The Hall–Kier alpha value is -3.73. The second-order valence-electron chi connectivity index (χ2n) is 5.57. The van der Waals surface area contributed by atoms with Gasteiger partial charge in [-0.05, 0) is 48.5 Å². The molecule has 0 saturated heterocycles. The lowest BCUT2D eigenvalue weighted by Crippen LogP contribution is -2.14. The normalized spacial score (nSPS) is 10.3. The smallest absolute Gasteiger partial charge is 0.138 e. The first kappa shape index (κ1) is 15.8. The molecule has 0 atom stereocenters. The molecule has 4 aromatic rings. The van der Waals surface area contributed by atoms with E-state index in [9.17, 15) is 0 Å². The van der Waals surface area contributed by atoms with Crippen LogP contribution in [-0.4, -0.2) is 15.0 Å². The molecule has 5 heteroatoms. The topological polar surface area (TPSA) is 53.9 Å². The van der Waals surface area contributed by atoms with Crippen molar-refractivity contribution < 1.29 is 0 Å². The molecule has 126 valence electrons. The van der Waals surface area contributed by atoms with Crippen LogP contribution in [0.3, 0.4) is 0 Å². The molecule has 1 N–H and O–H groups in total. The second-order valence-corrected chi connectivity index (χ2v) is 5.57. The Bertz CT molecular complexity index is 920. The summed E-state index contributed by atoms with van der Waals surface area (Å²) in [7, 11) is 0. The Morgan fingerprint density at radius 1 is 0.577 bits per heavy atom. The number of benzene rings is 1. The number of nitrogens with zero attached hydrogens (tertiary/aromatic N) is 4. The van der Waals surface area contributed by atoms with Crippen molar-refractivity contribution in [2.24, 2.45) is 0 Å². The molecule has 0 unspecified atom stereocenters. The molecule has 0 aliphatic carbocycles. The van der Waals surface area contributed by atoms with E-state index < -0.39 is 0 Å². The van der Waals surface area contributed by atoms with Crippen molar-refractivity contribution in [1.82, 2.24) is 15.0 Å². The fourth-order valence-electron chi connectivity index (χ4n) is 2.69. The van der Waals surface area contributed by atoms with Crippen LogP contribution >= 0.6 is 0 Å². The van der Waals surface area contributed by atoms with Crippen LogP contribution in [0.5, 0.6) is 0 Å². The predicted molar refractivity (Wildman–Crippen MR) is 104 cm³/mol. The lowest BCUT2D eigenvalue weighted by Gasteiger charge is -2.25. The Kier molecular flexibility index (Phi) is 4.52. The second kappa shape index (κ2) is 7.44. The zero-order chi connectivity index (χ0) is 17.6. The maximum absolute atomic E-state index is 4.52. The number of anilines is 5. The van der Waals surface area contributed by atoms with E-state index in [4.69, 9.17) is 0 Å². The van der Waals surface area contributed by atoms with Gasteiger partial charge in [0, 0.05) is 18.6 Å². The van der Waals surface area contributed by atoms with Crippen LogP contribution in [0.1, 0.15) is 0 Å². The van der Waals surface area contributed by atoms with Gasteiger partial charge in [0.05, 0.1) is 11.4 Å². The average molecular weight is 339 g/mol. The lowest BCUT2D eigenvalue weighted by atomic mass is 10.2. The van der Waals surface area contributed by atoms with Gasteiger partial charge in [0.2, 0.25) is 0 Å². The number of nitrogens with one attached hydrogen (secondary N) is 1. The first-order chi connectivity index (χ1) is 12.9. The monoisotopic (exact) mass is 339 g/mol. The zero-order valence-electron chi connectivity index (χ0n) is 14.0. The van der Waals surface area contributed by atoms with E-state index in [0.29, 0.717) is 0 Å². The summed E-state index contributed by atoms with van der Waals surface area (Å²) in [5, 5.41) is 3.38. The highest BCUT2D eigenvalue weighted by Crippen LogP contribution is 2.37. The lowest BCUT2D eigenvalue weighted by molar-refractivity contribution is 1.12. The van der Waals surface area contributed by atoms with E-state index >= 15 is 0 Å². The SMILES string of the molecule is c1ccc(Nc2ccccc2N(c2ccccn2)c2ccccn2)nc1. The van der Waals surface area contributed by atoms with Gasteiger partial charge in [-0.1, -0.05) is 30.3 Å². The maximum atomic E-state index is 4.52. The minimum Gasteiger partial charge on any atom is -0.339 e. The van der Waals surface area contributed by atoms with Gasteiger partial charge in [0.15, 0.2) is 0 Å². The van der Waals surface area contributed by atoms with Crippen LogP contribution in [0.2, 0.25) is 0 Å². The van der Waals surface area contributed by atoms with Crippen molar-refractivity contribution in [3.05, 3.63) is 97.5 Å². The summed E-state index contributed by atoms with van der Waals surface area (Å²) in [6.45, 7) is 0. The number of hydrogen-bond acceptors (Lipinski definition) is 5. The third kappa shape index (κ3) is 3.37. The Morgan fingerprint density at radius 2 is 1.15 bits per heavy atom. The van der Waals surface area contributed by atoms with Gasteiger partial charge in [-0.15, -0.1) is 0 Å². The summed E-state index contributed by atoms with van der Waals surface area (Å²) in [5.41, 5.74) is 1.86. The number of para-hydroxylation sites is 2. The Balaban J connectivity index is 1.82. The minimum absolute atomic E-state index is 0.780. The van der Waals surface area contributed by atoms with Crippen molar-refractivity contribution in [2.45, 2.75) is 0 Å². The van der Waals surface area contributed by atoms with E-state index in [1.54, 1.807) is 18.6 Å². The summed E-state index contributed by atoms with van der Waals surface area (Å²) in [4.78, 5) is 15.4. The first-order valence-electron chi connectivity index (χ1n) is 8.31. The molecule has 0 saturated carbocycles. The van der Waals surface area contributed by atoms with Crippen molar-refractivity contribution in [2.75, 3.05) is 10.2 Å². The van der Waals surface area contributed by atoms with Crippen LogP contribution in [0.15, 0.2) is 97.5 Å². The van der Waals surface area contributed by atoms with Gasteiger partial charge in [-0.25, -0.2) is 15.0 Å². The number of hydrogen-bond donors (Lipinski definition) is 1. The zero-order valence-corrected chi connectivity index (χ0v) is 14.0. The summed E-state index contributed by atoms with van der Waals surface area (Å²) in [6.07, 6.45) is 5.32. The minimum atomic E-state index is 0.780. The van der Waals surface area contributed by atoms with Gasteiger partial charge >= 0.3 is 0 Å². The molecule has 0 fully saturated rings. The molecular weight excluding hydrogens is 322 g/mol. The van der Waals surface area contributed by atoms with E-state index in [1.807, 2.05) is 83.8 Å². The molecular formula is C21H17N5. The molecule has 0 aliphatic rings. The highest BCUT2D eigenvalue weighted by atomic mass is 15.2. The van der Waals surface area contributed by atoms with Gasteiger partial charge in [0.25, 0.3) is 0 Å². The fourth-order valence-corrected chi connectivity index (χ4v) is 2.69. The predicted octanol–water partition coefficient (Wildman–Crippen LogP) is 5.09. The average Bonchev–Trinajstić information content (AvgIpc) is 2.72. The van der Waals surface area contributed by atoms with Crippen molar-refractivity contribution >= 4 is 28.8 Å². The van der Waals surface area contributed by atoms with Crippen molar-refractivity contribution in [3.8, 4) is 0 Å². The molecule has 0 bridgehead atoms. The summed E-state index contributed by atoms with van der Waals surface area (Å²) in [5.74, 6) is 2.37. The van der Waals surface area contributed by atoms with Gasteiger partial charge in [-0.2, -0.15) is 0 Å². The molecule has 0 amide bonds. The molecule has 0 radical (unpaired) electrons. The van der Waals surface area contributed by atoms with Crippen LogP contribution in [0.25, 0.3) is 0 Å². The van der Waals surface area contributed by atoms with E-state index in [2.05, 4.69) is 20.3 Å². The van der Waals surface area contributed by atoms with E-state index in [1.165, 1.54) is 0 Å². The Morgan fingerprint density at radius 3 is 1.73 bits per heavy atom. The molecule has 4 rings (SSSR count). The molecule has 26 heavy (non-hydrogen) atoms. The molecule has 0 spiro atoms.